The molecule has 0 spiro atoms. The zero-order valence-electron chi connectivity index (χ0n) is 29.0. The van der Waals surface area contributed by atoms with Gasteiger partial charge in [0.1, 0.15) is 6.61 Å². The zero-order valence-corrected chi connectivity index (χ0v) is 29.9. The van der Waals surface area contributed by atoms with Gasteiger partial charge in [-0.15, -0.1) is 0 Å². The predicted octanol–water partition coefficient (Wildman–Crippen LogP) is 10.4. The number of carbonyl (C=O) groups is 2. The van der Waals surface area contributed by atoms with Crippen LogP contribution >= 0.6 is 7.82 Å². The van der Waals surface area contributed by atoms with Gasteiger partial charge in [0.15, 0.2) is 6.10 Å². The molecule has 0 saturated carbocycles. The zero-order chi connectivity index (χ0) is 34.0. The minimum absolute atomic E-state index is 0.204. The van der Waals surface area contributed by atoms with Crippen LogP contribution in [0.2, 0.25) is 0 Å². The molecule has 0 amide bonds. The summed E-state index contributed by atoms with van der Waals surface area (Å²) >= 11 is 0. The highest BCUT2D eigenvalue weighted by molar-refractivity contribution is 7.46. The van der Waals surface area contributed by atoms with Crippen LogP contribution in [0.3, 0.4) is 0 Å². The Balaban J connectivity index is 4.06. The second-order valence-electron chi connectivity index (χ2n) is 11.8. The average molecular weight is 669 g/mol. The van der Waals surface area contributed by atoms with Gasteiger partial charge in [-0.3, -0.25) is 14.1 Å². The fourth-order valence-electron chi connectivity index (χ4n) is 4.72. The van der Waals surface area contributed by atoms with Crippen molar-refractivity contribution in [2.24, 2.45) is 0 Å². The van der Waals surface area contributed by atoms with Crippen molar-refractivity contribution in [1.29, 1.82) is 0 Å². The van der Waals surface area contributed by atoms with E-state index in [1.165, 1.54) is 57.8 Å². The van der Waals surface area contributed by atoms with Crippen molar-refractivity contribution < 1.29 is 37.9 Å². The molecule has 0 aliphatic carbocycles. The third kappa shape index (κ3) is 34.9. The molecule has 0 bridgehead atoms. The molecule has 0 unspecified atom stereocenters. The minimum Gasteiger partial charge on any atom is -0.462 e. The Hall–Kier alpha value is -1.99. The van der Waals surface area contributed by atoms with E-state index in [9.17, 15) is 14.2 Å². The molecule has 0 rings (SSSR count). The number of allylic oxidation sites excluding steroid dienone is 8. The van der Waals surface area contributed by atoms with Crippen molar-refractivity contribution in [3.63, 3.8) is 0 Å². The molecule has 1 atom stereocenters. The first-order valence-corrected chi connectivity index (χ1v) is 19.5. The molecule has 0 aromatic carbocycles. The SMILES string of the molecule is CC/C=C\C/C=C\C/C=C\C/C=C\CCCCC(=O)OC[C@H](COP(=O)(O)O)OC(=O)CCCCCCCCCCCCCCC. The molecular weight excluding hydrogens is 603 g/mol. The average Bonchev–Trinajstić information content (AvgIpc) is 3.02. The lowest BCUT2D eigenvalue weighted by atomic mass is 10.0. The van der Waals surface area contributed by atoms with Crippen LogP contribution < -0.4 is 0 Å². The van der Waals surface area contributed by atoms with E-state index in [1.54, 1.807) is 0 Å². The quantitative estimate of drug-likeness (QED) is 0.0315. The lowest BCUT2D eigenvalue weighted by Gasteiger charge is -2.18. The number of phosphoric ester groups is 1. The van der Waals surface area contributed by atoms with E-state index in [4.69, 9.17) is 19.3 Å². The molecule has 0 heterocycles. The Kier molecular flexibility index (Phi) is 31.5. The molecule has 0 aliphatic rings. The largest absolute Gasteiger partial charge is 0.469 e. The molecule has 9 heteroatoms. The van der Waals surface area contributed by atoms with Gasteiger partial charge < -0.3 is 19.3 Å². The van der Waals surface area contributed by atoms with E-state index in [1.807, 2.05) is 0 Å². The molecule has 46 heavy (non-hydrogen) atoms. The third-order valence-corrected chi connectivity index (χ3v) is 7.85. The van der Waals surface area contributed by atoms with Gasteiger partial charge in [-0.2, -0.15) is 0 Å². The Morgan fingerprint density at radius 3 is 1.57 bits per heavy atom. The smallest absolute Gasteiger partial charge is 0.462 e. The maximum absolute atomic E-state index is 12.3. The van der Waals surface area contributed by atoms with Crippen LogP contribution in [0.25, 0.3) is 0 Å². The minimum atomic E-state index is -4.76. The molecule has 8 nitrogen and oxygen atoms in total. The second-order valence-corrected chi connectivity index (χ2v) is 13.1. The summed E-state index contributed by atoms with van der Waals surface area (Å²) in [6.45, 7) is 3.51. The highest BCUT2D eigenvalue weighted by atomic mass is 31.2. The van der Waals surface area contributed by atoms with E-state index in [-0.39, 0.29) is 19.4 Å². The molecule has 266 valence electrons. The van der Waals surface area contributed by atoms with Gasteiger partial charge in [-0.1, -0.05) is 140 Å². The molecule has 0 radical (unpaired) electrons. The van der Waals surface area contributed by atoms with E-state index in [0.29, 0.717) is 12.8 Å². The topological polar surface area (TPSA) is 119 Å². The van der Waals surface area contributed by atoms with Gasteiger partial charge in [-0.05, 0) is 51.4 Å². The second kappa shape index (κ2) is 32.9. The van der Waals surface area contributed by atoms with Crippen molar-refractivity contribution in [1.82, 2.24) is 0 Å². The lowest BCUT2D eigenvalue weighted by molar-refractivity contribution is -0.161. The maximum atomic E-state index is 12.3. The molecule has 0 saturated heterocycles. The third-order valence-electron chi connectivity index (χ3n) is 7.36. The summed E-state index contributed by atoms with van der Waals surface area (Å²) < 4.78 is 26.2. The number of esters is 2. The standard InChI is InChI=1S/C37H65O8P/c1-3-5-7-9-11-13-15-17-18-20-21-23-25-27-29-31-36(38)43-33-35(34-44-46(40,41)42)45-37(39)32-30-28-26-24-22-19-16-14-12-10-8-6-4-2/h5,7,11,13,17-18,21,23,35H,3-4,6,8-10,12,14-16,19-20,22,24-34H2,1-2H3,(H2,40,41,42)/b7-5-,13-11-,18-17-,23-21-/t35-/m1/s1. The monoisotopic (exact) mass is 668 g/mol. The number of rotatable bonds is 32. The Morgan fingerprint density at radius 2 is 1.04 bits per heavy atom. The predicted molar refractivity (Wildman–Crippen MR) is 188 cm³/mol. The van der Waals surface area contributed by atoms with Crippen molar-refractivity contribution in [2.75, 3.05) is 13.2 Å². The van der Waals surface area contributed by atoms with Crippen molar-refractivity contribution in [2.45, 2.75) is 161 Å². The van der Waals surface area contributed by atoms with E-state index in [0.717, 1.165) is 57.8 Å². The van der Waals surface area contributed by atoms with Crippen LogP contribution in [-0.4, -0.2) is 41.0 Å². The summed E-state index contributed by atoms with van der Waals surface area (Å²) in [6, 6.07) is 0. The van der Waals surface area contributed by atoms with Gasteiger partial charge in [0, 0.05) is 12.8 Å². The van der Waals surface area contributed by atoms with Crippen LogP contribution in [0, 0.1) is 0 Å². The fourth-order valence-corrected chi connectivity index (χ4v) is 5.08. The van der Waals surface area contributed by atoms with Gasteiger partial charge in [0.25, 0.3) is 0 Å². The van der Waals surface area contributed by atoms with E-state index in [2.05, 4.69) is 67.0 Å². The summed E-state index contributed by atoms with van der Waals surface area (Å²) in [5.41, 5.74) is 0. The van der Waals surface area contributed by atoms with Crippen LogP contribution in [-0.2, 0) is 28.2 Å². The summed E-state index contributed by atoms with van der Waals surface area (Å²) in [6.07, 6.45) is 38.3. The van der Waals surface area contributed by atoms with Crippen molar-refractivity contribution in [3.8, 4) is 0 Å². The van der Waals surface area contributed by atoms with E-state index < -0.39 is 32.5 Å². The van der Waals surface area contributed by atoms with Gasteiger partial charge >= 0.3 is 19.8 Å². The van der Waals surface area contributed by atoms with Crippen molar-refractivity contribution >= 4 is 19.8 Å². The Morgan fingerprint density at radius 1 is 0.587 bits per heavy atom. The molecule has 2 N–H and O–H groups in total. The van der Waals surface area contributed by atoms with Crippen LogP contribution in [0.15, 0.2) is 48.6 Å². The fraction of sp³-hybridized carbons (Fsp3) is 0.730. The Bertz CT molecular complexity index is 890. The number of hydrogen-bond acceptors (Lipinski definition) is 6. The highest BCUT2D eigenvalue weighted by Gasteiger charge is 2.22. The number of unbranched alkanes of at least 4 members (excludes halogenated alkanes) is 14. The molecule has 0 aliphatic heterocycles. The Labute approximate surface area is 280 Å². The number of carbonyl (C=O) groups excluding carboxylic acids is 2. The van der Waals surface area contributed by atoms with Crippen LogP contribution in [0.4, 0.5) is 0 Å². The summed E-state index contributed by atoms with van der Waals surface area (Å²) in [5.74, 6) is -0.935. The molecular formula is C37H65O8P. The first-order valence-electron chi connectivity index (χ1n) is 17.9. The number of hydrogen-bond donors (Lipinski definition) is 2. The molecule has 0 fully saturated rings. The first-order chi connectivity index (χ1) is 22.3. The molecule has 0 aromatic heterocycles. The number of ether oxygens (including phenoxy) is 2. The van der Waals surface area contributed by atoms with Gasteiger partial charge in [0.05, 0.1) is 6.61 Å². The summed E-state index contributed by atoms with van der Waals surface area (Å²) in [5, 5.41) is 0. The highest BCUT2D eigenvalue weighted by Crippen LogP contribution is 2.36. The lowest BCUT2D eigenvalue weighted by Crippen LogP contribution is -2.29. The normalized spacial score (nSPS) is 13.0. The van der Waals surface area contributed by atoms with Gasteiger partial charge in [0.2, 0.25) is 0 Å². The van der Waals surface area contributed by atoms with Crippen molar-refractivity contribution in [3.05, 3.63) is 48.6 Å². The van der Waals surface area contributed by atoms with Crippen LogP contribution in [0.1, 0.15) is 155 Å². The van der Waals surface area contributed by atoms with Gasteiger partial charge in [-0.25, -0.2) is 4.57 Å². The van der Waals surface area contributed by atoms with Crippen LogP contribution in [0.5, 0.6) is 0 Å². The number of phosphoric acid groups is 1. The maximum Gasteiger partial charge on any atom is 0.469 e. The first kappa shape index (κ1) is 44.0. The van der Waals surface area contributed by atoms with E-state index >= 15 is 0 Å². The summed E-state index contributed by atoms with van der Waals surface area (Å²) in [4.78, 5) is 42.6. The molecule has 0 aromatic rings. The summed E-state index contributed by atoms with van der Waals surface area (Å²) in [7, 11) is -4.76.